The summed E-state index contributed by atoms with van der Waals surface area (Å²) in [6.07, 6.45) is 5.06. The van der Waals surface area contributed by atoms with Gasteiger partial charge >= 0.3 is 18.3 Å². The number of imidazole rings is 1. The van der Waals surface area contributed by atoms with Crippen LogP contribution < -0.4 is 0 Å². The van der Waals surface area contributed by atoms with Crippen LogP contribution in [0.2, 0.25) is 0 Å². The quantitative estimate of drug-likeness (QED) is 0.445. The van der Waals surface area contributed by atoms with Crippen LogP contribution in [0.25, 0.3) is 17.1 Å². The molecule has 33 heavy (non-hydrogen) atoms. The highest BCUT2D eigenvalue weighted by Gasteiger charge is 2.38. The van der Waals surface area contributed by atoms with E-state index in [0.717, 1.165) is 17.4 Å². The number of hydrogen-bond acceptors (Lipinski definition) is 7. The van der Waals surface area contributed by atoms with Crippen LogP contribution in [0.5, 0.6) is 0 Å². The number of halogens is 2. The Kier molecular flexibility index (Phi) is 4.28. The van der Waals surface area contributed by atoms with Gasteiger partial charge in [-0.1, -0.05) is 6.07 Å². The average molecular weight is 451 g/mol. The van der Waals surface area contributed by atoms with Crippen molar-refractivity contribution >= 4 is 11.4 Å². The SMILES string of the molecule is O=C(c1nnc(-c2ccn(C(F)F)n2)o1)N1CCc2[nH]cnc2[C@H]1c1cc2ccccn2n1. The van der Waals surface area contributed by atoms with Gasteiger partial charge in [-0.05, 0) is 24.3 Å². The van der Waals surface area contributed by atoms with Crippen LogP contribution >= 0.6 is 0 Å². The molecule has 0 aliphatic carbocycles. The number of nitrogens with one attached hydrogen (secondary N) is 1. The Hall–Kier alpha value is -4.42. The molecule has 1 aliphatic heterocycles. The first kappa shape index (κ1) is 19.3. The standard InChI is InChI=1S/C20H15F2N9O2/c21-20(22)31-8-5-13(27-31)17-25-26-18(33-17)19(32)29-7-4-12-15(24-10-23-12)16(29)14-9-11-3-1-2-6-30(11)28-14/h1-3,5-6,8-10,16,20H,4,7H2,(H,23,24)/t16-/m1/s1. The molecule has 0 unspecified atom stereocenters. The molecule has 13 heteroatoms. The van der Waals surface area contributed by atoms with Crippen molar-refractivity contribution in [2.75, 3.05) is 6.54 Å². The molecular weight excluding hydrogens is 436 g/mol. The van der Waals surface area contributed by atoms with E-state index < -0.39 is 18.5 Å². The third-order valence-electron chi connectivity index (χ3n) is 5.49. The van der Waals surface area contributed by atoms with Gasteiger partial charge in [-0.3, -0.25) is 4.79 Å². The number of alkyl halides is 2. The summed E-state index contributed by atoms with van der Waals surface area (Å²) in [4.78, 5) is 22.5. The fourth-order valence-electron chi connectivity index (χ4n) is 3.98. The third kappa shape index (κ3) is 3.16. The van der Waals surface area contributed by atoms with E-state index in [-0.39, 0.29) is 17.5 Å². The predicted octanol–water partition coefficient (Wildman–Crippen LogP) is 2.49. The predicted molar refractivity (Wildman–Crippen MR) is 107 cm³/mol. The molecule has 1 amide bonds. The third-order valence-corrected chi connectivity index (χ3v) is 5.49. The number of carbonyl (C=O) groups excluding carboxylic acids is 1. The summed E-state index contributed by atoms with van der Waals surface area (Å²) < 4.78 is 33.3. The number of amides is 1. The zero-order valence-electron chi connectivity index (χ0n) is 16.8. The van der Waals surface area contributed by atoms with Gasteiger partial charge in [0.2, 0.25) is 0 Å². The molecule has 0 fully saturated rings. The first-order chi connectivity index (χ1) is 16.1. The lowest BCUT2D eigenvalue weighted by atomic mass is 9.99. The molecule has 0 bridgehead atoms. The van der Waals surface area contributed by atoms with E-state index in [2.05, 4.69) is 30.4 Å². The van der Waals surface area contributed by atoms with Gasteiger partial charge < -0.3 is 14.3 Å². The molecule has 0 saturated carbocycles. The van der Waals surface area contributed by atoms with Crippen molar-refractivity contribution in [3.8, 4) is 11.6 Å². The Bertz CT molecular complexity index is 1430. The molecule has 166 valence electrons. The minimum Gasteiger partial charge on any atom is -0.411 e. The van der Waals surface area contributed by atoms with Gasteiger partial charge in [0.05, 0.1) is 23.2 Å². The van der Waals surface area contributed by atoms with Crippen LogP contribution in [0, 0.1) is 0 Å². The molecule has 11 nitrogen and oxygen atoms in total. The van der Waals surface area contributed by atoms with Gasteiger partial charge in [-0.25, -0.2) is 14.2 Å². The Morgan fingerprint density at radius 1 is 1.18 bits per heavy atom. The highest BCUT2D eigenvalue weighted by molar-refractivity contribution is 5.90. The molecule has 1 atom stereocenters. The number of carbonyl (C=O) groups is 1. The van der Waals surface area contributed by atoms with Gasteiger partial charge in [0.15, 0.2) is 0 Å². The summed E-state index contributed by atoms with van der Waals surface area (Å²) in [6.45, 7) is -2.44. The van der Waals surface area contributed by atoms with Crippen molar-refractivity contribution in [1.82, 2.24) is 44.5 Å². The molecule has 6 rings (SSSR count). The lowest BCUT2D eigenvalue weighted by Gasteiger charge is -2.32. The molecular formula is C20H15F2N9O2. The first-order valence-electron chi connectivity index (χ1n) is 10.0. The number of pyridine rings is 1. The average Bonchev–Trinajstić information content (AvgIpc) is 3.61. The lowest BCUT2D eigenvalue weighted by Crippen LogP contribution is -2.41. The highest BCUT2D eigenvalue weighted by atomic mass is 19.3. The Balaban J connectivity index is 1.36. The summed E-state index contributed by atoms with van der Waals surface area (Å²) in [5, 5.41) is 16.0. The molecule has 6 heterocycles. The molecule has 0 radical (unpaired) electrons. The van der Waals surface area contributed by atoms with E-state index in [1.54, 1.807) is 15.7 Å². The van der Waals surface area contributed by atoms with Crippen LogP contribution in [0.4, 0.5) is 8.78 Å². The van der Waals surface area contributed by atoms with Crippen LogP contribution in [-0.4, -0.2) is 56.9 Å². The van der Waals surface area contributed by atoms with Crippen molar-refractivity contribution in [2.45, 2.75) is 19.0 Å². The number of rotatable bonds is 4. The number of hydrogen-bond donors (Lipinski definition) is 1. The fourth-order valence-corrected chi connectivity index (χ4v) is 3.98. The Labute approximate surface area is 183 Å². The number of H-pyrrole nitrogens is 1. The molecule has 5 aromatic heterocycles. The lowest BCUT2D eigenvalue weighted by molar-refractivity contribution is 0.0566. The van der Waals surface area contributed by atoms with Gasteiger partial charge in [0.1, 0.15) is 11.7 Å². The van der Waals surface area contributed by atoms with Crippen molar-refractivity contribution in [3.05, 3.63) is 72.0 Å². The van der Waals surface area contributed by atoms with E-state index in [0.29, 0.717) is 29.0 Å². The second-order valence-electron chi connectivity index (χ2n) is 7.43. The molecule has 5 aromatic rings. The normalized spacial score (nSPS) is 16.0. The van der Waals surface area contributed by atoms with Crippen molar-refractivity contribution in [2.24, 2.45) is 0 Å². The van der Waals surface area contributed by atoms with Crippen molar-refractivity contribution < 1.29 is 18.0 Å². The van der Waals surface area contributed by atoms with Crippen LogP contribution in [-0.2, 0) is 6.42 Å². The van der Waals surface area contributed by atoms with Crippen LogP contribution in [0.3, 0.4) is 0 Å². The maximum absolute atomic E-state index is 13.4. The second kappa shape index (κ2) is 7.32. The minimum atomic E-state index is -2.80. The molecule has 0 aromatic carbocycles. The smallest absolute Gasteiger partial charge is 0.333 e. The first-order valence-corrected chi connectivity index (χ1v) is 10.0. The number of aromatic amines is 1. The molecule has 0 saturated heterocycles. The zero-order chi connectivity index (χ0) is 22.5. The van der Waals surface area contributed by atoms with E-state index in [1.807, 2.05) is 30.5 Å². The Morgan fingerprint density at radius 3 is 2.91 bits per heavy atom. The zero-order valence-corrected chi connectivity index (χ0v) is 16.8. The summed E-state index contributed by atoms with van der Waals surface area (Å²) in [6, 6.07) is 8.32. The molecule has 0 spiro atoms. The Morgan fingerprint density at radius 2 is 2.09 bits per heavy atom. The number of nitrogens with zero attached hydrogens (tertiary/aromatic N) is 8. The monoisotopic (exact) mass is 451 g/mol. The van der Waals surface area contributed by atoms with Crippen LogP contribution in [0.15, 0.2) is 53.5 Å². The summed E-state index contributed by atoms with van der Waals surface area (Å²) in [5.41, 5.74) is 3.17. The van der Waals surface area contributed by atoms with Gasteiger partial charge in [-0.2, -0.15) is 19.0 Å². The van der Waals surface area contributed by atoms with Crippen LogP contribution in [0.1, 0.15) is 40.4 Å². The summed E-state index contributed by atoms with van der Waals surface area (Å²) in [7, 11) is 0. The van der Waals surface area contributed by atoms with Gasteiger partial charge in [0.25, 0.3) is 5.89 Å². The van der Waals surface area contributed by atoms with E-state index in [1.165, 1.54) is 6.07 Å². The van der Waals surface area contributed by atoms with E-state index in [4.69, 9.17) is 4.42 Å². The number of aromatic nitrogens is 8. The summed E-state index contributed by atoms with van der Waals surface area (Å²) >= 11 is 0. The maximum atomic E-state index is 13.4. The summed E-state index contributed by atoms with van der Waals surface area (Å²) in [5.74, 6) is -0.915. The van der Waals surface area contributed by atoms with Crippen molar-refractivity contribution in [1.29, 1.82) is 0 Å². The second-order valence-corrected chi connectivity index (χ2v) is 7.43. The maximum Gasteiger partial charge on any atom is 0.333 e. The molecule has 1 aliphatic rings. The highest BCUT2D eigenvalue weighted by Crippen LogP contribution is 2.34. The molecule has 1 N–H and O–H groups in total. The largest absolute Gasteiger partial charge is 0.411 e. The van der Waals surface area contributed by atoms with Gasteiger partial charge in [-0.15, -0.1) is 10.2 Å². The van der Waals surface area contributed by atoms with Gasteiger partial charge in [0, 0.05) is 31.1 Å². The minimum absolute atomic E-state index is 0.0481. The van der Waals surface area contributed by atoms with E-state index >= 15 is 0 Å². The number of fused-ring (bicyclic) bond motifs is 2. The van der Waals surface area contributed by atoms with Crippen molar-refractivity contribution in [3.63, 3.8) is 0 Å². The topological polar surface area (TPSA) is 123 Å². The fraction of sp³-hybridized carbons (Fsp3) is 0.200. The van der Waals surface area contributed by atoms with E-state index in [9.17, 15) is 13.6 Å².